The Kier molecular flexibility index (Phi) is 33.8. The molecule has 0 aliphatic carbocycles. The number of carbonyl (C=O) groups excluding carboxylic acids is 3. The van der Waals surface area contributed by atoms with Gasteiger partial charge in [-0.3, -0.25) is 14.4 Å². The van der Waals surface area contributed by atoms with Crippen molar-refractivity contribution in [2.45, 2.75) is 187 Å². The summed E-state index contributed by atoms with van der Waals surface area (Å²) in [5.74, 6) is -2.34. The van der Waals surface area contributed by atoms with Crippen LogP contribution < -0.4 is 10.6 Å². The van der Waals surface area contributed by atoms with Gasteiger partial charge in [0.25, 0.3) is 0 Å². The summed E-state index contributed by atoms with van der Waals surface area (Å²) in [6.45, 7) is 3.32. The largest absolute Gasteiger partial charge is 0.480 e. The van der Waals surface area contributed by atoms with E-state index < -0.39 is 24.5 Å². The number of carboxylic acids is 1. The topological polar surface area (TPSA) is 142 Å². The molecule has 0 fully saturated rings. The van der Waals surface area contributed by atoms with Crippen LogP contribution in [0.15, 0.2) is 36.5 Å². The van der Waals surface area contributed by atoms with Gasteiger partial charge < -0.3 is 25.6 Å². The summed E-state index contributed by atoms with van der Waals surface area (Å²) in [4.78, 5) is 47.4. The Labute approximate surface area is 304 Å². The number of unbranched alkanes of at least 4 members (excludes halogenated alkanes) is 15. The molecule has 288 valence electrons. The average Bonchev–Trinajstić information content (AvgIpc) is 3.10. The summed E-state index contributed by atoms with van der Waals surface area (Å²) < 4.78 is 5.95. The Morgan fingerprint density at radius 1 is 0.620 bits per heavy atom. The van der Waals surface area contributed by atoms with Gasteiger partial charge in [-0.2, -0.15) is 0 Å². The zero-order valence-electron chi connectivity index (χ0n) is 31.6. The van der Waals surface area contributed by atoms with E-state index in [0.29, 0.717) is 12.8 Å². The molecular weight excluding hydrogens is 632 g/mol. The maximum atomic E-state index is 12.7. The normalized spacial score (nSPS) is 12.9. The van der Waals surface area contributed by atoms with Crippen LogP contribution in [0.4, 0.5) is 0 Å². The zero-order valence-corrected chi connectivity index (χ0v) is 31.6. The van der Waals surface area contributed by atoms with Gasteiger partial charge in [-0.05, 0) is 70.6 Å². The summed E-state index contributed by atoms with van der Waals surface area (Å²) in [5, 5.41) is 22.5. The molecule has 0 aliphatic heterocycles. The zero-order chi connectivity index (χ0) is 36.9. The number of allylic oxidation sites excluding steroid dienone is 6. The average molecular weight is 705 g/mol. The van der Waals surface area contributed by atoms with Crippen molar-refractivity contribution >= 4 is 23.8 Å². The SMILES string of the molecule is CC/C=C\C/C=C\C/C=C\CCCCCCCCCC(=O)OC(CCCCCCCC)CCCCCCC(=O)NCC(=O)NC(CO)C(=O)O. The minimum absolute atomic E-state index is 0.0444. The fourth-order valence-corrected chi connectivity index (χ4v) is 5.61. The third-order valence-corrected chi connectivity index (χ3v) is 8.65. The highest BCUT2D eigenvalue weighted by molar-refractivity contribution is 5.87. The van der Waals surface area contributed by atoms with Crippen molar-refractivity contribution in [1.82, 2.24) is 10.6 Å². The van der Waals surface area contributed by atoms with Crippen LogP contribution in [0, 0.1) is 0 Å². The predicted octanol–water partition coefficient (Wildman–Crippen LogP) is 9.04. The van der Waals surface area contributed by atoms with E-state index in [2.05, 4.69) is 60.9 Å². The Bertz CT molecular complexity index is 947. The van der Waals surface area contributed by atoms with Crippen LogP contribution in [-0.4, -0.2) is 59.3 Å². The van der Waals surface area contributed by atoms with E-state index in [-0.39, 0.29) is 30.9 Å². The number of esters is 1. The summed E-state index contributed by atoms with van der Waals surface area (Å²) in [6, 6.07) is -1.39. The third kappa shape index (κ3) is 32.3. The first-order valence-corrected chi connectivity index (χ1v) is 19.9. The second kappa shape index (κ2) is 35.9. The van der Waals surface area contributed by atoms with Gasteiger partial charge in [0.1, 0.15) is 12.1 Å². The lowest BCUT2D eigenvalue weighted by molar-refractivity contribution is -0.150. The monoisotopic (exact) mass is 705 g/mol. The van der Waals surface area contributed by atoms with Crippen LogP contribution in [0.25, 0.3) is 0 Å². The van der Waals surface area contributed by atoms with Crippen molar-refractivity contribution < 1.29 is 34.1 Å². The number of carboxylic acid groups (broad SMARTS) is 1. The van der Waals surface area contributed by atoms with Crippen LogP contribution >= 0.6 is 0 Å². The number of amides is 2. The molecule has 0 spiro atoms. The van der Waals surface area contributed by atoms with Gasteiger partial charge in [-0.25, -0.2) is 4.79 Å². The first-order chi connectivity index (χ1) is 24.3. The van der Waals surface area contributed by atoms with Gasteiger partial charge >= 0.3 is 11.9 Å². The number of aliphatic hydroxyl groups is 1. The second-order valence-corrected chi connectivity index (χ2v) is 13.3. The summed E-state index contributed by atoms with van der Waals surface area (Å²) in [7, 11) is 0. The van der Waals surface area contributed by atoms with Crippen LogP contribution in [0.2, 0.25) is 0 Å². The van der Waals surface area contributed by atoms with E-state index in [1.54, 1.807) is 0 Å². The van der Waals surface area contributed by atoms with E-state index >= 15 is 0 Å². The standard InChI is InChI=1S/C41H72N2O7/c1-3-5-7-9-11-12-13-14-15-16-17-18-19-20-21-23-29-33-40(47)50-36(30-26-22-10-8-6-4-2)31-27-24-25-28-32-38(45)42-34-39(46)43-37(35-44)41(48)49/h5,7,11-12,14-15,36-37,44H,3-4,6,8-10,13,16-35H2,1-2H3,(H,42,45)(H,43,46)(H,48,49)/b7-5-,12-11-,15-14-. The maximum Gasteiger partial charge on any atom is 0.328 e. The van der Waals surface area contributed by atoms with Gasteiger partial charge in [0.2, 0.25) is 11.8 Å². The molecule has 50 heavy (non-hydrogen) atoms. The molecule has 0 heterocycles. The van der Waals surface area contributed by atoms with Gasteiger partial charge in [0, 0.05) is 12.8 Å². The first-order valence-electron chi connectivity index (χ1n) is 19.9. The highest BCUT2D eigenvalue weighted by atomic mass is 16.5. The first kappa shape index (κ1) is 47.1. The lowest BCUT2D eigenvalue weighted by Crippen LogP contribution is -2.47. The highest BCUT2D eigenvalue weighted by Gasteiger charge is 2.19. The van der Waals surface area contributed by atoms with Crippen LogP contribution in [-0.2, 0) is 23.9 Å². The number of hydrogen-bond donors (Lipinski definition) is 4. The Hall–Kier alpha value is -2.94. The molecule has 2 amide bonds. The molecule has 0 aromatic rings. The van der Waals surface area contributed by atoms with E-state index in [9.17, 15) is 19.2 Å². The van der Waals surface area contributed by atoms with Gasteiger partial charge in [-0.1, -0.05) is 127 Å². The van der Waals surface area contributed by atoms with Crippen molar-refractivity contribution in [3.63, 3.8) is 0 Å². The molecule has 0 saturated heterocycles. The van der Waals surface area contributed by atoms with E-state index in [0.717, 1.165) is 77.0 Å². The number of aliphatic hydroxyl groups excluding tert-OH is 1. The van der Waals surface area contributed by atoms with Crippen LogP contribution in [0.5, 0.6) is 0 Å². The van der Waals surface area contributed by atoms with Crippen molar-refractivity contribution in [2.75, 3.05) is 13.2 Å². The third-order valence-electron chi connectivity index (χ3n) is 8.65. The molecule has 2 unspecified atom stereocenters. The molecule has 0 radical (unpaired) electrons. The molecule has 9 heteroatoms. The lowest BCUT2D eigenvalue weighted by Gasteiger charge is -2.18. The Morgan fingerprint density at radius 3 is 1.72 bits per heavy atom. The predicted molar refractivity (Wildman–Crippen MR) is 204 cm³/mol. The molecule has 0 aromatic heterocycles. The highest BCUT2D eigenvalue weighted by Crippen LogP contribution is 2.18. The number of hydrogen-bond acceptors (Lipinski definition) is 6. The summed E-state index contributed by atoms with van der Waals surface area (Å²) in [5.41, 5.74) is 0. The van der Waals surface area contributed by atoms with E-state index in [1.807, 2.05) is 0 Å². The van der Waals surface area contributed by atoms with Gasteiger partial charge in [0.05, 0.1) is 13.2 Å². The number of rotatable bonds is 35. The van der Waals surface area contributed by atoms with Crippen LogP contribution in [0.1, 0.15) is 174 Å². The van der Waals surface area contributed by atoms with Crippen molar-refractivity contribution in [3.8, 4) is 0 Å². The van der Waals surface area contributed by atoms with E-state index in [4.69, 9.17) is 14.9 Å². The fourth-order valence-electron chi connectivity index (χ4n) is 5.61. The molecular formula is C41H72N2O7. The Morgan fingerprint density at radius 2 is 1.14 bits per heavy atom. The second-order valence-electron chi connectivity index (χ2n) is 13.3. The summed E-state index contributed by atoms with van der Waals surface area (Å²) in [6.07, 6.45) is 38.9. The van der Waals surface area contributed by atoms with Crippen LogP contribution in [0.3, 0.4) is 0 Å². The van der Waals surface area contributed by atoms with Crippen molar-refractivity contribution in [1.29, 1.82) is 0 Å². The maximum absolute atomic E-state index is 12.7. The van der Waals surface area contributed by atoms with Gasteiger partial charge in [-0.15, -0.1) is 0 Å². The Balaban J connectivity index is 4.15. The lowest BCUT2D eigenvalue weighted by atomic mass is 10.0. The molecule has 4 N–H and O–H groups in total. The number of aliphatic carboxylic acids is 1. The molecule has 0 bridgehead atoms. The minimum atomic E-state index is -1.39. The molecule has 0 aromatic carbocycles. The molecule has 0 rings (SSSR count). The number of carbonyl (C=O) groups is 4. The smallest absolute Gasteiger partial charge is 0.328 e. The number of ether oxygens (including phenoxy) is 1. The fraction of sp³-hybridized carbons (Fsp3) is 0.756. The van der Waals surface area contributed by atoms with Gasteiger partial charge in [0.15, 0.2) is 0 Å². The minimum Gasteiger partial charge on any atom is -0.480 e. The summed E-state index contributed by atoms with van der Waals surface area (Å²) >= 11 is 0. The number of nitrogens with one attached hydrogen (secondary N) is 2. The molecule has 9 nitrogen and oxygen atoms in total. The molecule has 0 saturated carbocycles. The van der Waals surface area contributed by atoms with Crippen molar-refractivity contribution in [3.05, 3.63) is 36.5 Å². The molecule has 2 atom stereocenters. The quantitative estimate of drug-likeness (QED) is 0.0293. The van der Waals surface area contributed by atoms with E-state index in [1.165, 1.54) is 64.2 Å². The van der Waals surface area contributed by atoms with Crippen molar-refractivity contribution in [2.24, 2.45) is 0 Å². The molecule has 0 aliphatic rings.